The molecule has 0 saturated heterocycles. The Morgan fingerprint density at radius 1 is 1.14 bits per heavy atom. The second kappa shape index (κ2) is 6.55. The first-order valence-electron chi connectivity index (χ1n) is 7.55. The lowest BCUT2D eigenvalue weighted by Crippen LogP contribution is -2.33. The zero-order valence-corrected chi connectivity index (χ0v) is 13.8. The zero-order valence-electron chi connectivity index (χ0n) is 13.0. The molecule has 1 aliphatic heterocycles. The molecule has 0 unspecified atom stereocenters. The minimum atomic E-state index is 0.290. The number of rotatable bonds is 4. The molecule has 1 heterocycles. The molecule has 0 aromatic heterocycles. The first-order valence-corrected chi connectivity index (χ1v) is 7.93. The number of nitrogens with zero attached hydrogens (tertiary/aromatic N) is 2. The molecule has 114 valence electrons. The summed E-state index contributed by atoms with van der Waals surface area (Å²) in [5.74, 6) is 0. The van der Waals surface area contributed by atoms with E-state index >= 15 is 0 Å². The molecule has 3 rings (SSSR count). The van der Waals surface area contributed by atoms with Crippen LogP contribution in [0, 0.1) is 0 Å². The number of likely N-dealkylation sites (N-methyl/N-ethyl adjacent to an activating group) is 1. The van der Waals surface area contributed by atoms with Crippen molar-refractivity contribution in [3.05, 3.63) is 76.4 Å². The van der Waals surface area contributed by atoms with E-state index in [1.165, 1.54) is 16.7 Å². The highest BCUT2D eigenvalue weighted by atomic mass is 35.5. The molecular formula is C19H21ClN2. The number of hydrogen-bond acceptors (Lipinski definition) is 2. The summed E-state index contributed by atoms with van der Waals surface area (Å²) in [4.78, 5) is 4.62. The first kappa shape index (κ1) is 15.1. The lowest BCUT2D eigenvalue weighted by molar-refractivity contribution is 0.214. The predicted molar refractivity (Wildman–Crippen MR) is 93.8 cm³/mol. The minimum Gasteiger partial charge on any atom is -0.365 e. The summed E-state index contributed by atoms with van der Waals surface area (Å²) in [5.41, 5.74) is 3.94. The predicted octanol–water partition coefficient (Wildman–Crippen LogP) is 4.43. The Labute approximate surface area is 137 Å². The van der Waals surface area contributed by atoms with Crippen molar-refractivity contribution in [2.24, 2.45) is 0 Å². The second-order valence-electron chi connectivity index (χ2n) is 6.02. The van der Waals surface area contributed by atoms with Gasteiger partial charge in [-0.25, -0.2) is 0 Å². The molecule has 0 amide bonds. The summed E-state index contributed by atoms with van der Waals surface area (Å²) in [5, 5.41) is 0.794. The molecule has 2 aromatic carbocycles. The van der Waals surface area contributed by atoms with Gasteiger partial charge in [-0.2, -0.15) is 0 Å². The Hall–Kier alpha value is -1.77. The fourth-order valence-electron chi connectivity index (χ4n) is 2.94. The molecule has 0 bridgehead atoms. The highest BCUT2D eigenvalue weighted by Crippen LogP contribution is 2.30. The van der Waals surface area contributed by atoms with Gasteiger partial charge in [-0.05, 0) is 49.0 Å². The maximum Gasteiger partial charge on any atom is 0.0668 e. The molecule has 0 aliphatic carbocycles. The van der Waals surface area contributed by atoms with Gasteiger partial charge in [-0.3, -0.25) is 0 Å². The molecule has 0 radical (unpaired) electrons. The Morgan fingerprint density at radius 3 is 2.73 bits per heavy atom. The van der Waals surface area contributed by atoms with Gasteiger partial charge in [0.25, 0.3) is 0 Å². The van der Waals surface area contributed by atoms with Crippen LogP contribution in [0.15, 0.2) is 54.7 Å². The SMILES string of the molecule is CN(C)C[C@H](c1cccc(Cl)c1)N1C=Cc2ccccc2C1. The van der Waals surface area contributed by atoms with E-state index in [4.69, 9.17) is 11.6 Å². The van der Waals surface area contributed by atoms with Crippen LogP contribution in [0.1, 0.15) is 22.7 Å². The fourth-order valence-corrected chi connectivity index (χ4v) is 3.14. The zero-order chi connectivity index (χ0) is 15.5. The summed E-state index contributed by atoms with van der Waals surface area (Å²) in [6.07, 6.45) is 4.41. The standard InChI is InChI=1S/C19H21ClN2/c1-21(2)14-19(16-8-5-9-18(20)12-16)22-11-10-15-6-3-4-7-17(15)13-22/h3-12,19H,13-14H2,1-2H3/t19-/m1/s1. The van der Waals surface area contributed by atoms with Crippen LogP contribution in [0.25, 0.3) is 6.08 Å². The summed E-state index contributed by atoms with van der Waals surface area (Å²) in [6.45, 7) is 1.88. The van der Waals surface area contributed by atoms with Gasteiger partial charge >= 0.3 is 0 Å². The molecule has 1 atom stereocenters. The van der Waals surface area contributed by atoms with Crippen LogP contribution in [0.2, 0.25) is 5.02 Å². The molecule has 0 saturated carbocycles. The van der Waals surface area contributed by atoms with Gasteiger partial charge in [0.1, 0.15) is 0 Å². The summed E-state index contributed by atoms with van der Waals surface area (Å²) >= 11 is 6.20. The molecule has 22 heavy (non-hydrogen) atoms. The van der Waals surface area contributed by atoms with Gasteiger partial charge in [0, 0.05) is 24.3 Å². The third-order valence-electron chi connectivity index (χ3n) is 4.03. The lowest BCUT2D eigenvalue weighted by atomic mass is 9.99. The van der Waals surface area contributed by atoms with E-state index in [2.05, 4.69) is 72.6 Å². The van der Waals surface area contributed by atoms with Crippen molar-refractivity contribution in [1.82, 2.24) is 9.80 Å². The van der Waals surface area contributed by atoms with Crippen LogP contribution < -0.4 is 0 Å². The Bertz CT molecular complexity index is 679. The largest absolute Gasteiger partial charge is 0.365 e. The smallest absolute Gasteiger partial charge is 0.0668 e. The van der Waals surface area contributed by atoms with E-state index in [0.717, 1.165) is 18.1 Å². The topological polar surface area (TPSA) is 6.48 Å². The van der Waals surface area contributed by atoms with Crippen molar-refractivity contribution in [3.63, 3.8) is 0 Å². The van der Waals surface area contributed by atoms with Crippen molar-refractivity contribution >= 4 is 17.7 Å². The summed E-state index contributed by atoms with van der Waals surface area (Å²) < 4.78 is 0. The monoisotopic (exact) mass is 312 g/mol. The molecule has 1 aliphatic rings. The number of halogens is 1. The van der Waals surface area contributed by atoms with Crippen molar-refractivity contribution in [2.75, 3.05) is 20.6 Å². The van der Waals surface area contributed by atoms with Crippen molar-refractivity contribution in [3.8, 4) is 0 Å². The molecule has 0 fully saturated rings. The van der Waals surface area contributed by atoms with Crippen LogP contribution in [0.3, 0.4) is 0 Å². The van der Waals surface area contributed by atoms with E-state index in [9.17, 15) is 0 Å². The van der Waals surface area contributed by atoms with Crippen molar-refractivity contribution in [1.29, 1.82) is 0 Å². The average molecular weight is 313 g/mol. The van der Waals surface area contributed by atoms with Crippen LogP contribution in [0.5, 0.6) is 0 Å². The Kier molecular flexibility index (Phi) is 4.51. The Morgan fingerprint density at radius 2 is 1.95 bits per heavy atom. The average Bonchev–Trinajstić information content (AvgIpc) is 2.52. The summed E-state index contributed by atoms with van der Waals surface area (Å²) in [7, 11) is 4.22. The van der Waals surface area contributed by atoms with Crippen LogP contribution >= 0.6 is 11.6 Å². The maximum atomic E-state index is 6.20. The summed E-state index contributed by atoms with van der Waals surface area (Å²) in [6, 6.07) is 17.1. The van der Waals surface area contributed by atoms with Gasteiger partial charge < -0.3 is 9.80 Å². The minimum absolute atomic E-state index is 0.290. The van der Waals surface area contributed by atoms with E-state index in [1.54, 1.807) is 0 Å². The van der Waals surface area contributed by atoms with Gasteiger partial charge in [0.15, 0.2) is 0 Å². The van der Waals surface area contributed by atoms with Gasteiger partial charge in [0.2, 0.25) is 0 Å². The highest BCUT2D eigenvalue weighted by Gasteiger charge is 2.21. The number of hydrogen-bond donors (Lipinski definition) is 0. The lowest BCUT2D eigenvalue weighted by Gasteiger charge is -2.35. The van der Waals surface area contributed by atoms with Crippen LogP contribution in [-0.2, 0) is 6.54 Å². The maximum absolute atomic E-state index is 6.20. The normalized spacial score (nSPS) is 15.0. The molecule has 0 N–H and O–H groups in total. The third-order valence-corrected chi connectivity index (χ3v) is 4.26. The second-order valence-corrected chi connectivity index (χ2v) is 6.46. The van der Waals surface area contributed by atoms with Gasteiger partial charge in [0.05, 0.1) is 6.04 Å². The molecular weight excluding hydrogens is 292 g/mol. The number of fused-ring (bicyclic) bond motifs is 1. The van der Waals surface area contributed by atoms with E-state index in [1.807, 2.05) is 12.1 Å². The number of benzene rings is 2. The van der Waals surface area contributed by atoms with Crippen LogP contribution in [0.4, 0.5) is 0 Å². The molecule has 0 spiro atoms. The van der Waals surface area contributed by atoms with Crippen molar-refractivity contribution in [2.45, 2.75) is 12.6 Å². The molecule has 2 nitrogen and oxygen atoms in total. The fraction of sp³-hybridized carbons (Fsp3) is 0.263. The van der Waals surface area contributed by atoms with Crippen LogP contribution in [-0.4, -0.2) is 30.4 Å². The van der Waals surface area contributed by atoms with Gasteiger partial charge in [-0.15, -0.1) is 0 Å². The van der Waals surface area contributed by atoms with Gasteiger partial charge in [-0.1, -0.05) is 48.0 Å². The Balaban J connectivity index is 1.91. The quantitative estimate of drug-likeness (QED) is 0.824. The third kappa shape index (κ3) is 3.34. The highest BCUT2D eigenvalue weighted by molar-refractivity contribution is 6.30. The first-order chi connectivity index (χ1) is 10.6. The molecule has 2 aromatic rings. The molecule has 3 heteroatoms. The van der Waals surface area contributed by atoms with E-state index < -0.39 is 0 Å². The van der Waals surface area contributed by atoms with E-state index in [-0.39, 0.29) is 0 Å². The van der Waals surface area contributed by atoms with Crippen molar-refractivity contribution < 1.29 is 0 Å². The van der Waals surface area contributed by atoms with E-state index in [0.29, 0.717) is 6.04 Å².